The van der Waals surface area contributed by atoms with Gasteiger partial charge in [0.15, 0.2) is 0 Å². The number of imidazole rings is 1. The van der Waals surface area contributed by atoms with Crippen molar-refractivity contribution in [3.63, 3.8) is 0 Å². The van der Waals surface area contributed by atoms with E-state index in [1.807, 2.05) is 18.2 Å². The maximum Gasteiger partial charge on any atom is 0.323 e. The summed E-state index contributed by atoms with van der Waals surface area (Å²) in [6.07, 6.45) is 2.46. The van der Waals surface area contributed by atoms with E-state index >= 15 is 0 Å². The standard InChI is InChI=1S/C29H24F3N5O2/c30-18-7-17(8-19(31)12-18)21-13-34-23-2-1-15(16-10-22(32)27-25(11-16)35-29(38)36-27)9-20(23)28(21)37-5-3-24-26(14-37)39-6-4-33-24/h1-2,7-13,24,26,33H,3-6,14H2,(H2,35,36,38)/t24?,26-/m1/s1. The van der Waals surface area contributed by atoms with Crippen LogP contribution in [0, 0.1) is 17.5 Å². The van der Waals surface area contributed by atoms with Crippen molar-refractivity contribution in [2.24, 2.45) is 0 Å². The predicted molar refractivity (Wildman–Crippen MR) is 143 cm³/mol. The highest BCUT2D eigenvalue weighted by molar-refractivity contribution is 6.02. The van der Waals surface area contributed by atoms with Crippen molar-refractivity contribution in [1.29, 1.82) is 0 Å². The third-order valence-electron chi connectivity index (χ3n) is 7.64. The first-order valence-corrected chi connectivity index (χ1v) is 12.8. The summed E-state index contributed by atoms with van der Waals surface area (Å²) in [4.78, 5) is 23.6. The zero-order valence-corrected chi connectivity index (χ0v) is 20.7. The summed E-state index contributed by atoms with van der Waals surface area (Å²) in [6, 6.07) is 12.4. The lowest BCUT2D eigenvalue weighted by atomic mass is 9.94. The van der Waals surface area contributed by atoms with Gasteiger partial charge >= 0.3 is 5.69 Å². The largest absolute Gasteiger partial charge is 0.373 e. The number of fused-ring (bicyclic) bond motifs is 3. The second-order valence-electron chi connectivity index (χ2n) is 10.1. The molecular formula is C29H24F3N5O2. The van der Waals surface area contributed by atoms with Crippen molar-refractivity contribution in [2.45, 2.75) is 18.6 Å². The number of hydrogen-bond donors (Lipinski definition) is 3. The van der Waals surface area contributed by atoms with Gasteiger partial charge in [0.1, 0.15) is 23.0 Å². The summed E-state index contributed by atoms with van der Waals surface area (Å²) in [7, 11) is 0. The van der Waals surface area contributed by atoms with Crippen LogP contribution in [0.3, 0.4) is 0 Å². The van der Waals surface area contributed by atoms with Gasteiger partial charge in [-0.15, -0.1) is 0 Å². The third kappa shape index (κ3) is 4.25. The van der Waals surface area contributed by atoms with Gasteiger partial charge in [-0.05, 0) is 59.5 Å². The Morgan fingerprint density at radius 2 is 1.79 bits per heavy atom. The average molecular weight is 532 g/mol. The fraction of sp³-hybridized carbons (Fsp3) is 0.241. The van der Waals surface area contributed by atoms with E-state index in [-0.39, 0.29) is 17.7 Å². The number of benzene rings is 3. The molecule has 4 heterocycles. The topological polar surface area (TPSA) is 86.0 Å². The summed E-state index contributed by atoms with van der Waals surface area (Å²) in [6.45, 7) is 2.73. The number of morpholine rings is 1. The minimum absolute atomic E-state index is 0.0297. The Morgan fingerprint density at radius 3 is 2.64 bits per heavy atom. The zero-order valence-electron chi connectivity index (χ0n) is 20.7. The van der Waals surface area contributed by atoms with Crippen LogP contribution in [0.4, 0.5) is 18.9 Å². The number of H-pyrrole nitrogens is 2. The molecule has 1 unspecified atom stereocenters. The first-order valence-electron chi connectivity index (χ1n) is 12.8. The molecule has 2 aliphatic heterocycles. The summed E-state index contributed by atoms with van der Waals surface area (Å²) in [5.41, 5.74) is 3.73. The lowest BCUT2D eigenvalue weighted by Crippen LogP contribution is -2.57. The molecular weight excluding hydrogens is 507 g/mol. The van der Waals surface area contributed by atoms with Crippen molar-refractivity contribution in [1.82, 2.24) is 20.3 Å². The van der Waals surface area contributed by atoms with Crippen molar-refractivity contribution in [2.75, 3.05) is 31.1 Å². The number of nitrogens with one attached hydrogen (secondary N) is 3. The Balaban J connectivity index is 1.43. The molecule has 0 bridgehead atoms. The van der Waals surface area contributed by atoms with Crippen molar-refractivity contribution in [3.8, 4) is 22.3 Å². The van der Waals surface area contributed by atoms with Crippen LogP contribution in [0.5, 0.6) is 0 Å². The number of halogens is 3. The number of aromatic amines is 2. The Bertz CT molecular complexity index is 1780. The van der Waals surface area contributed by atoms with Gasteiger partial charge in [-0.25, -0.2) is 18.0 Å². The molecule has 198 valence electrons. The van der Waals surface area contributed by atoms with Crippen molar-refractivity contribution < 1.29 is 17.9 Å². The Kier molecular flexibility index (Phi) is 5.67. The average Bonchev–Trinajstić information content (AvgIpc) is 3.32. The van der Waals surface area contributed by atoms with Gasteiger partial charge in [0.2, 0.25) is 0 Å². The normalized spacial score (nSPS) is 19.5. The van der Waals surface area contributed by atoms with Crippen LogP contribution in [-0.2, 0) is 4.74 Å². The highest BCUT2D eigenvalue weighted by Crippen LogP contribution is 2.40. The quantitative estimate of drug-likeness (QED) is 0.314. The second kappa shape index (κ2) is 9.25. The number of piperidine rings is 1. The van der Waals surface area contributed by atoms with Gasteiger partial charge in [-0.1, -0.05) is 6.07 Å². The van der Waals surface area contributed by atoms with Gasteiger partial charge in [-0.2, -0.15) is 0 Å². The van der Waals surface area contributed by atoms with E-state index in [4.69, 9.17) is 4.74 Å². The van der Waals surface area contributed by atoms with E-state index in [1.54, 1.807) is 12.3 Å². The lowest BCUT2D eigenvalue weighted by Gasteiger charge is -2.43. The molecule has 0 saturated carbocycles. The smallest absolute Gasteiger partial charge is 0.323 e. The molecule has 0 radical (unpaired) electrons. The summed E-state index contributed by atoms with van der Waals surface area (Å²) < 4.78 is 49.5. The number of pyridine rings is 1. The van der Waals surface area contributed by atoms with Crippen molar-refractivity contribution in [3.05, 3.63) is 82.7 Å². The SMILES string of the molecule is O=c1[nH]c2cc(-c3ccc4ncc(-c5cc(F)cc(F)c5)c(N5CCC6NCCO[C@@H]6C5)c4c3)cc(F)c2[nH]1. The number of hydrogen-bond acceptors (Lipinski definition) is 5. The molecule has 0 amide bonds. The number of anilines is 1. The molecule has 3 aromatic carbocycles. The van der Waals surface area contributed by atoms with Crippen LogP contribution < -0.4 is 15.9 Å². The van der Waals surface area contributed by atoms with Crippen LogP contribution in [-0.4, -0.2) is 53.3 Å². The molecule has 2 saturated heterocycles. The second-order valence-corrected chi connectivity index (χ2v) is 10.1. The first kappa shape index (κ1) is 23.9. The molecule has 39 heavy (non-hydrogen) atoms. The third-order valence-corrected chi connectivity index (χ3v) is 7.64. The Labute approximate surface area is 220 Å². The molecule has 2 aromatic heterocycles. The molecule has 7 rings (SSSR count). The maximum atomic E-state index is 14.8. The summed E-state index contributed by atoms with van der Waals surface area (Å²) >= 11 is 0. The summed E-state index contributed by atoms with van der Waals surface area (Å²) in [5, 5.41) is 4.28. The fourth-order valence-electron chi connectivity index (χ4n) is 5.86. The minimum Gasteiger partial charge on any atom is -0.373 e. The molecule has 0 aliphatic carbocycles. The van der Waals surface area contributed by atoms with Gasteiger partial charge in [0.05, 0.1) is 29.4 Å². The maximum absolute atomic E-state index is 14.8. The van der Waals surface area contributed by atoms with E-state index in [0.29, 0.717) is 53.0 Å². The zero-order chi connectivity index (χ0) is 26.7. The van der Waals surface area contributed by atoms with Crippen LogP contribution in [0.25, 0.3) is 44.2 Å². The minimum atomic E-state index is -0.674. The molecule has 2 atom stereocenters. The lowest BCUT2D eigenvalue weighted by molar-refractivity contribution is -0.00896. The highest BCUT2D eigenvalue weighted by Gasteiger charge is 2.33. The molecule has 10 heteroatoms. The Morgan fingerprint density at radius 1 is 0.949 bits per heavy atom. The van der Waals surface area contributed by atoms with Gasteiger partial charge in [0, 0.05) is 48.9 Å². The molecule has 2 aliphatic rings. The summed E-state index contributed by atoms with van der Waals surface area (Å²) in [5.74, 6) is -1.90. The van der Waals surface area contributed by atoms with Crippen LogP contribution in [0.1, 0.15) is 6.42 Å². The number of aromatic nitrogens is 3. The number of nitrogens with zero attached hydrogens (tertiary/aromatic N) is 2. The predicted octanol–water partition coefficient (Wildman–Crippen LogP) is 4.72. The number of ether oxygens (including phenoxy) is 1. The fourth-order valence-corrected chi connectivity index (χ4v) is 5.86. The van der Waals surface area contributed by atoms with E-state index in [1.165, 1.54) is 18.2 Å². The molecule has 3 N–H and O–H groups in total. The Hall–Kier alpha value is -4.15. The van der Waals surface area contributed by atoms with Crippen LogP contribution in [0.2, 0.25) is 0 Å². The molecule has 5 aromatic rings. The van der Waals surface area contributed by atoms with Crippen molar-refractivity contribution >= 4 is 27.6 Å². The van der Waals surface area contributed by atoms with E-state index in [2.05, 4.69) is 25.2 Å². The number of rotatable bonds is 3. The first-order chi connectivity index (χ1) is 18.9. The monoisotopic (exact) mass is 531 g/mol. The molecule has 7 nitrogen and oxygen atoms in total. The van der Waals surface area contributed by atoms with Gasteiger partial charge in [0.25, 0.3) is 0 Å². The highest BCUT2D eigenvalue weighted by atomic mass is 19.1. The van der Waals surface area contributed by atoms with Gasteiger partial charge < -0.3 is 24.9 Å². The molecule has 0 spiro atoms. The molecule has 2 fully saturated rings. The van der Waals surface area contributed by atoms with Gasteiger partial charge in [-0.3, -0.25) is 4.98 Å². The van der Waals surface area contributed by atoms with E-state index in [9.17, 15) is 18.0 Å². The van der Waals surface area contributed by atoms with Crippen LogP contribution >= 0.6 is 0 Å². The van der Waals surface area contributed by atoms with Crippen LogP contribution in [0.15, 0.2) is 59.5 Å². The van der Waals surface area contributed by atoms with E-state index < -0.39 is 23.1 Å². The van der Waals surface area contributed by atoms with E-state index in [0.717, 1.165) is 30.1 Å².